The largest absolute Gasteiger partial charge is 0.454 e. The number of hydrogen-bond acceptors (Lipinski definition) is 5. The molecule has 124 valence electrons. The van der Waals surface area contributed by atoms with Crippen molar-refractivity contribution in [2.75, 3.05) is 18.7 Å². The summed E-state index contributed by atoms with van der Waals surface area (Å²) >= 11 is 3.12. The van der Waals surface area contributed by atoms with Gasteiger partial charge in [-0.05, 0) is 36.4 Å². The summed E-state index contributed by atoms with van der Waals surface area (Å²) in [6.07, 6.45) is 0. The number of anilines is 1. The van der Waals surface area contributed by atoms with E-state index in [0.717, 1.165) is 0 Å². The van der Waals surface area contributed by atoms with E-state index in [4.69, 9.17) is 14.2 Å². The van der Waals surface area contributed by atoms with Crippen LogP contribution in [0.5, 0.6) is 11.5 Å². The van der Waals surface area contributed by atoms with E-state index in [-0.39, 0.29) is 18.0 Å². The first kappa shape index (κ1) is 16.3. The highest BCUT2D eigenvalue weighted by molar-refractivity contribution is 9.10. The monoisotopic (exact) mass is 395 g/mol. The summed E-state index contributed by atoms with van der Waals surface area (Å²) < 4.78 is 29.4. The molecule has 1 aliphatic heterocycles. The van der Waals surface area contributed by atoms with Crippen LogP contribution in [0.4, 0.5) is 10.1 Å². The third-order valence-electron chi connectivity index (χ3n) is 3.15. The number of carbonyl (C=O) groups is 2. The maximum Gasteiger partial charge on any atom is 0.338 e. The number of benzene rings is 2. The maximum atomic E-state index is 13.6. The van der Waals surface area contributed by atoms with E-state index in [0.29, 0.717) is 16.0 Å². The molecule has 2 aromatic carbocycles. The lowest BCUT2D eigenvalue weighted by Crippen LogP contribution is -2.21. The number of carbonyl (C=O) groups excluding carboxylic acids is 2. The standard InChI is InChI=1S/C16H11BrFNO5/c17-10-2-3-12(11(18)6-10)19-15(20)7-22-16(21)9-1-4-13-14(5-9)24-8-23-13/h1-6H,7-8H2,(H,19,20). The van der Waals surface area contributed by atoms with Crippen molar-refractivity contribution in [2.24, 2.45) is 0 Å². The number of halogens is 2. The Bertz CT molecular complexity index is 811. The summed E-state index contributed by atoms with van der Waals surface area (Å²) in [6.45, 7) is -0.447. The number of ether oxygens (including phenoxy) is 3. The minimum absolute atomic E-state index is 0.00216. The van der Waals surface area contributed by atoms with Crippen molar-refractivity contribution < 1.29 is 28.2 Å². The highest BCUT2D eigenvalue weighted by atomic mass is 79.9. The Kier molecular flexibility index (Phi) is 4.66. The molecule has 1 amide bonds. The van der Waals surface area contributed by atoms with Gasteiger partial charge in [0.05, 0.1) is 11.3 Å². The molecule has 0 fully saturated rings. The fourth-order valence-corrected chi connectivity index (χ4v) is 2.35. The maximum absolute atomic E-state index is 13.6. The summed E-state index contributed by atoms with van der Waals surface area (Å²) in [4.78, 5) is 23.7. The predicted molar refractivity (Wildman–Crippen MR) is 85.6 cm³/mol. The van der Waals surface area contributed by atoms with Crippen LogP contribution in [0.2, 0.25) is 0 Å². The lowest BCUT2D eigenvalue weighted by Gasteiger charge is -2.08. The van der Waals surface area contributed by atoms with Crippen LogP contribution in [0, 0.1) is 5.82 Å². The molecule has 0 spiro atoms. The van der Waals surface area contributed by atoms with Crippen LogP contribution in [0.1, 0.15) is 10.4 Å². The van der Waals surface area contributed by atoms with Gasteiger partial charge in [-0.15, -0.1) is 0 Å². The molecule has 0 saturated heterocycles. The molecule has 1 aliphatic rings. The molecule has 6 nitrogen and oxygen atoms in total. The zero-order chi connectivity index (χ0) is 17.1. The lowest BCUT2D eigenvalue weighted by atomic mass is 10.2. The third-order valence-corrected chi connectivity index (χ3v) is 3.64. The SMILES string of the molecule is O=C(COC(=O)c1ccc2c(c1)OCO2)Nc1ccc(Br)cc1F. The molecule has 8 heteroatoms. The van der Waals surface area contributed by atoms with E-state index >= 15 is 0 Å². The second kappa shape index (κ2) is 6.88. The summed E-state index contributed by atoms with van der Waals surface area (Å²) in [5.74, 6) is -0.967. The summed E-state index contributed by atoms with van der Waals surface area (Å²) in [5, 5.41) is 2.33. The van der Waals surface area contributed by atoms with E-state index in [9.17, 15) is 14.0 Å². The van der Waals surface area contributed by atoms with Crippen molar-refractivity contribution in [3.05, 3.63) is 52.3 Å². The van der Waals surface area contributed by atoms with Crippen molar-refractivity contribution in [2.45, 2.75) is 0 Å². The average Bonchev–Trinajstić information content (AvgIpc) is 3.03. The molecule has 0 bridgehead atoms. The molecule has 0 unspecified atom stereocenters. The Morgan fingerprint density at radius 2 is 1.96 bits per heavy atom. The molecule has 0 radical (unpaired) electrons. The number of amides is 1. The summed E-state index contributed by atoms with van der Waals surface area (Å²) in [7, 11) is 0. The number of fused-ring (bicyclic) bond motifs is 1. The molecular formula is C16H11BrFNO5. The molecule has 0 aromatic heterocycles. The zero-order valence-electron chi connectivity index (χ0n) is 12.2. The van der Waals surface area contributed by atoms with Gasteiger partial charge in [-0.1, -0.05) is 15.9 Å². The Hall–Kier alpha value is -2.61. The van der Waals surface area contributed by atoms with Crippen LogP contribution in [-0.4, -0.2) is 25.3 Å². The smallest absolute Gasteiger partial charge is 0.338 e. The van der Waals surface area contributed by atoms with Crippen molar-refractivity contribution in [1.82, 2.24) is 0 Å². The van der Waals surface area contributed by atoms with Crippen molar-refractivity contribution in [1.29, 1.82) is 0 Å². The highest BCUT2D eigenvalue weighted by Gasteiger charge is 2.18. The second-order valence-corrected chi connectivity index (χ2v) is 5.73. The van der Waals surface area contributed by atoms with Gasteiger partial charge in [0.15, 0.2) is 18.1 Å². The predicted octanol–water partition coefficient (Wildman–Crippen LogP) is 3.11. The minimum atomic E-state index is -0.695. The fraction of sp³-hybridized carbons (Fsp3) is 0.125. The molecule has 24 heavy (non-hydrogen) atoms. The van der Waals surface area contributed by atoms with Crippen LogP contribution in [0.3, 0.4) is 0 Å². The van der Waals surface area contributed by atoms with Gasteiger partial charge in [0.25, 0.3) is 5.91 Å². The quantitative estimate of drug-likeness (QED) is 0.805. The molecule has 1 N–H and O–H groups in total. The van der Waals surface area contributed by atoms with Crippen LogP contribution in [0.15, 0.2) is 40.9 Å². The molecule has 0 atom stereocenters. The first-order valence-corrected chi connectivity index (χ1v) is 7.64. The van der Waals surface area contributed by atoms with Gasteiger partial charge in [-0.2, -0.15) is 0 Å². The van der Waals surface area contributed by atoms with Gasteiger partial charge < -0.3 is 19.5 Å². The van der Waals surface area contributed by atoms with E-state index in [1.165, 1.54) is 24.3 Å². The van der Waals surface area contributed by atoms with Crippen LogP contribution in [-0.2, 0) is 9.53 Å². The van der Waals surface area contributed by atoms with Gasteiger partial charge in [0, 0.05) is 4.47 Å². The highest BCUT2D eigenvalue weighted by Crippen LogP contribution is 2.32. The Morgan fingerprint density at radius 3 is 2.75 bits per heavy atom. The van der Waals surface area contributed by atoms with E-state index in [1.807, 2.05) is 0 Å². The van der Waals surface area contributed by atoms with Gasteiger partial charge >= 0.3 is 5.97 Å². The number of nitrogens with one attached hydrogen (secondary N) is 1. The summed E-state index contributed by atoms with van der Waals surface area (Å²) in [6, 6.07) is 8.75. The molecule has 2 aromatic rings. The summed E-state index contributed by atoms with van der Waals surface area (Å²) in [5.41, 5.74) is 0.226. The Balaban J connectivity index is 1.57. The topological polar surface area (TPSA) is 73.9 Å². The second-order valence-electron chi connectivity index (χ2n) is 4.82. The Morgan fingerprint density at radius 1 is 1.17 bits per heavy atom. The lowest BCUT2D eigenvalue weighted by molar-refractivity contribution is -0.119. The van der Waals surface area contributed by atoms with E-state index in [2.05, 4.69) is 21.2 Å². The van der Waals surface area contributed by atoms with Gasteiger partial charge in [0.1, 0.15) is 5.82 Å². The molecule has 1 heterocycles. The van der Waals surface area contributed by atoms with Crippen molar-refractivity contribution >= 4 is 33.5 Å². The minimum Gasteiger partial charge on any atom is -0.454 e. The fourth-order valence-electron chi connectivity index (χ4n) is 2.02. The van der Waals surface area contributed by atoms with Gasteiger partial charge in [-0.3, -0.25) is 4.79 Å². The van der Waals surface area contributed by atoms with Crippen LogP contribution < -0.4 is 14.8 Å². The van der Waals surface area contributed by atoms with Crippen LogP contribution >= 0.6 is 15.9 Å². The van der Waals surface area contributed by atoms with Gasteiger partial charge in [-0.25, -0.2) is 9.18 Å². The van der Waals surface area contributed by atoms with Gasteiger partial charge in [0.2, 0.25) is 6.79 Å². The van der Waals surface area contributed by atoms with Crippen molar-refractivity contribution in [3.63, 3.8) is 0 Å². The molecular weight excluding hydrogens is 385 g/mol. The number of hydrogen-bond donors (Lipinski definition) is 1. The first-order valence-electron chi connectivity index (χ1n) is 6.84. The molecule has 3 rings (SSSR count). The van der Waals surface area contributed by atoms with Crippen LogP contribution in [0.25, 0.3) is 0 Å². The van der Waals surface area contributed by atoms with E-state index in [1.54, 1.807) is 12.1 Å². The van der Waals surface area contributed by atoms with Crippen molar-refractivity contribution in [3.8, 4) is 11.5 Å². The first-order chi connectivity index (χ1) is 11.5. The number of rotatable bonds is 4. The average molecular weight is 396 g/mol. The third kappa shape index (κ3) is 3.65. The van der Waals surface area contributed by atoms with E-state index < -0.39 is 24.3 Å². The zero-order valence-corrected chi connectivity index (χ0v) is 13.8. The molecule has 0 aliphatic carbocycles. The number of esters is 1. The Labute approximate surface area is 144 Å². The molecule has 0 saturated carbocycles. The normalized spacial score (nSPS) is 11.9.